The lowest BCUT2D eigenvalue weighted by Gasteiger charge is -2.32. The Kier molecular flexibility index (Phi) is 9.91. The quantitative estimate of drug-likeness (QED) is 0.326. The highest BCUT2D eigenvalue weighted by Crippen LogP contribution is 2.20. The molecule has 3 rings (SSSR count). The second kappa shape index (κ2) is 11.9. The average Bonchev–Trinajstić information content (AvgIpc) is 3.27. The van der Waals surface area contributed by atoms with Crippen molar-refractivity contribution in [3.8, 4) is 0 Å². The minimum absolute atomic E-state index is 0. The molecule has 1 aliphatic heterocycles. The first-order valence-electron chi connectivity index (χ1n) is 10.3. The van der Waals surface area contributed by atoms with Crippen molar-refractivity contribution in [1.29, 1.82) is 0 Å². The number of piperidine rings is 1. The predicted octanol–water partition coefficient (Wildman–Crippen LogP) is 3.68. The van der Waals surface area contributed by atoms with Crippen molar-refractivity contribution in [2.45, 2.75) is 46.7 Å². The minimum Gasteiger partial charge on any atom is -0.357 e. The van der Waals surface area contributed by atoms with Gasteiger partial charge in [-0.1, -0.05) is 6.07 Å². The van der Waals surface area contributed by atoms with Crippen LogP contribution in [0.4, 0.5) is 0 Å². The molecular weight excluding hydrogens is 495 g/mol. The van der Waals surface area contributed by atoms with Gasteiger partial charge in [0.05, 0.1) is 12.2 Å². The molecule has 1 aliphatic rings. The maximum Gasteiger partial charge on any atom is 0.191 e. The van der Waals surface area contributed by atoms with E-state index in [1.807, 2.05) is 23.1 Å². The number of nitrogens with zero attached hydrogens (tertiary/aromatic N) is 4. The molecule has 2 aromatic heterocycles. The summed E-state index contributed by atoms with van der Waals surface area (Å²) in [7, 11) is 1.99. The molecule has 29 heavy (non-hydrogen) atoms. The smallest absolute Gasteiger partial charge is 0.191 e. The first kappa shape index (κ1) is 24.1. The Bertz CT molecular complexity index is 762. The molecule has 162 valence electrons. The normalized spacial score (nSPS) is 15.9. The third-order valence-electron chi connectivity index (χ3n) is 5.62. The zero-order chi connectivity index (χ0) is 19.9. The number of aryl methyl sites for hydroxylation is 2. The van der Waals surface area contributed by atoms with Crippen molar-refractivity contribution >= 4 is 41.3 Å². The SMILES string of the molecule is CCNC(=NCc1c(C)nn(C)c1C)NCC1CCN(Cc2cccs2)CC1.I. The van der Waals surface area contributed by atoms with E-state index in [1.165, 1.54) is 42.1 Å². The van der Waals surface area contributed by atoms with Crippen molar-refractivity contribution in [3.05, 3.63) is 39.3 Å². The fourth-order valence-electron chi connectivity index (χ4n) is 3.76. The van der Waals surface area contributed by atoms with Crippen molar-refractivity contribution in [2.24, 2.45) is 18.0 Å². The van der Waals surface area contributed by atoms with E-state index in [0.717, 1.165) is 31.3 Å². The highest BCUT2D eigenvalue weighted by molar-refractivity contribution is 14.0. The molecule has 0 amide bonds. The van der Waals surface area contributed by atoms with Crippen LogP contribution in [0.15, 0.2) is 22.5 Å². The summed E-state index contributed by atoms with van der Waals surface area (Å²) in [5, 5.41) is 13.6. The van der Waals surface area contributed by atoms with Crippen molar-refractivity contribution < 1.29 is 0 Å². The molecule has 0 aromatic carbocycles. The maximum absolute atomic E-state index is 4.80. The Morgan fingerprint density at radius 2 is 2.03 bits per heavy atom. The molecule has 0 unspecified atom stereocenters. The third kappa shape index (κ3) is 6.96. The van der Waals surface area contributed by atoms with E-state index in [-0.39, 0.29) is 24.0 Å². The van der Waals surface area contributed by atoms with E-state index in [9.17, 15) is 0 Å². The summed E-state index contributed by atoms with van der Waals surface area (Å²) in [6, 6.07) is 4.38. The van der Waals surface area contributed by atoms with Crippen LogP contribution in [0.25, 0.3) is 0 Å². The van der Waals surface area contributed by atoms with Crippen molar-refractivity contribution in [2.75, 3.05) is 26.2 Å². The van der Waals surface area contributed by atoms with E-state index in [1.54, 1.807) is 0 Å². The van der Waals surface area contributed by atoms with Gasteiger partial charge in [-0.15, -0.1) is 35.3 Å². The molecular formula is C21H35IN6S. The number of rotatable bonds is 7. The van der Waals surface area contributed by atoms with Crippen LogP contribution in [0.1, 0.15) is 41.6 Å². The molecule has 1 fully saturated rings. The molecule has 1 saturated heterocycles. The summed E-state index contributed by atoms with van der Waals surface area (Å²) in [4.78, 5) is 8.85. The molecule has 2 aromatic rings. The average molecular weight is 531 g/mol. The molecule has 2 N–H and O–H groups in total. The highest BCUT2D eigenvalue weighted by atomic mass is 127. The minimum atomic E-state index is 0. The van der Waals surface area contributed by atoms with Gasteiger partial charge in [-0.3, -0.25) is 9.58 Å². The van der Waals surface area contributed by atoms with E-state index < -0.39 is 0 Å². The number of guanidine groups is 1. The highest BCUT2D eigenvalue weighted by Gasteiger charge is 2.19. The maximum atomic E-state index is 4.80. The number of hydrogen-bond acceptors (Lipinski definition) is 4. The van der Waals surface area contributed by atoms with Crippen LogP contribution in [0, 0.1) is 19.8 Å². The Balaban J connectivity index is 0.00000300. The lowest BCUT2D eigenvalue weighted by molar-refractivity contribution is 0.179. The Hall–Kier alpha value is -1.13. The van der Waals surface area contributed by atoms with Gasteiger partial charge >= 0.3 is 0 Å². The predicted molar refractivity (Wildman–Crippen MR) is 133 cm³/mol. The fraction of sp³-hybridized carbons (Fsp3) is 0.619. The van der Waals surface area contributed by atoms with Crippen molar-refractivity contribution in [1.82, 2.24) is 25.3 Å². The molecule has 0 radical (unpaired) electrons. The molecule has 0 bridgehead atoms. The summed E-state index contributed by atoms with van der Waals surface area (Å²) >= 11 is 1.86. The zero-order valence-corrected chi connectivity index (χ0v) is 21.2. The van der Waals surface area contributed by atoms with Gasteiger partial charge in [0.25, 0.3) is 0 Å². The van der Waals surface area contributed by atoms with Crippen LogP contribution in [-0.4, -0.2) is 46.8 Å². The van der Waals surface area contributed by atoms with Crippen LogP contribution in [0.2, 0.25) is 0 Å². The molecule has 3 heterocycles. The van der Waals surface area contributed by atoms with E-state index >= 15 is 0 Å². The van der Waals surface area contributed by atoms with Gasteiger partial charge in [-0.05, 0) is 64.1 Å². The van der Waals surface area contributed by atoms with E-state index in [4.69, 9.17) is 4.99 Å². The van der Waals surface area contributed by atoms with E-state index in [2.05, 4.69) is 58.9 Å². The Morgan fingerprint density at radius 1 is 1.28 bits per heavy atom. The molecule has 0 aliphatic carbocycles. The number of aromatic nitrogens is 2. The Labute approximate surface area is 196 Å². The van der Waals surface area contributed by atoms with Gasteiger partial charge < -0.3 is 10.6 Å². The van der Waals surface area contributed by atoms with Gasteiger partial charge in [-0.25, -0.2) is 4.99 Å². The molecule has 8 heteroatoms. The summed E-state index contributed by atoms with van der Waals surface area (Å²) < 4.78 is 1.94. The van der Waals surface area contributed by atoms with Crippen molar-refractivity contribution in [3.63, 3.8) is 0 Å². The van der Waals surface area contributed by atoms with Gasteiger partial charge in [-0.2, -0.15) is 5.10 Å². The monoisotopic (exact) mass is 530 g/mol. The van der Waals surface area contributed by atoms with Gasteiger partial charge in [0, 0.05) is 42.8 Å². The lowest BCUT2D eigenvalue weighted by atomic mass is 9.97. The van der Waals surface area contributed by atoms with E-state index in [0.29, 0.717) is 12.5 Å². The molecule has 6 nitrogen and oxygen atoms in total. The van der Waals surface area contributed by atoms with Crippen LogP contribution < -0.4 is 10.6 Å². The van der Waals surface area contributed by atoms with Crippen LogP contribution in [-0.2, 0) is 20.1 Å². The summed E-state index contributed by atoms with van der Waals surface area (Å²) in [5.74, 6) is 1.62. The van der Waals surface area contributed by atoms with Crippen LogP contribution >= 0.6 is 35.3 Å². The van der Waals surface area contributed by atoms with Crippen LogP contribution in [0.5, 0.6) is 0 Å². The number of aliphatic imine (C=N–C) groups is 1. The third-order valence-corrected chi connectivity index (χ3v) is 6.48. The Morgan fingerprint density at radius 3 is 2.62 bits per heavy atom. The second-order valence-electron chi connectivity index (χ2n) is 7.65. The summed E-state index contributed by atoms with van der Waals surface area (Å²) in [6.45, 7) is 12.3. The second-order valence-corrected chi connectivity index (χ2v) is 8.68. The number of thiophene rings is 1. The first-order chi connectivity index (χ1) is 13.6. The van der Waals surface area contributed by atoms with Gasteiger partial charge in [0.15, 0.2) is 5.96 Å². The largest absolute Gasteiger partial charge is 0.357 e. The first-order valence-corrected chi connectivity index (χ1v) is 11.2. The summed E-state index contributed by atoms with van der Waals surface area (Å²) in [6.07, 6.45) is 2.50. The number of likely N-dealkylation sites (tertiary alicyclic amines) is 1. The topological polar surface area (TPSA) is 57.5 Å². The standard InChI is InChI=1S/C21H34N6S.HI/c1-5-22-21(24-14-20-16(2)25-26(4)17(20)3)23-13-18-8-10-27(11-9-18)15-19-7-6-12-28-19;/h6-7,12,18H,5,8-11,13-15H2,1-4H3,(H2,22,23,24);1H. The van der Waals surface area contributed by atoms with Crippen LogP contribution in [0.3, 0.4) is 0 Å². The molecule has 0 saturated carbocycles. The number of hydrogen-bond donors (Lipinski definition) is 2. The van der Waals surface area contributed by atoms with Gasteiger partial charge in [0.1, 0.15) is 0 Å². The number of nitrogens with one attached hydrogen (secondary N) is 2. The fourth-order valence-corrected chi connectivity index (χ4v) is 4.50. The van der Waals surface area contributed by atoms with Gasteiger partial charge in [0.2, 0.25) is 0 Å². The number of halogens is 1. The zero-order valence-electron chi connectivity index (χ0n) is 18.1. The lowest BCUT2D eigenvalue weighted by Crippen LogP contribution is -2.42. The molecule has 0 atom stereocenters. The molecule has 0 spiro atoms. The summed E-state index contributed by atoms with van der Waals surface area (Å²) in [5.41, 5.74) is 3.48.